The third kappa shape index (κ3) is 3.52. The first-order valence-corrected chi connectivity index (χ1v) is 10.1. The second kappa shape index (κ2) is 7.02. The minimum Gasteiger partial charge on any atom is -0.381 e. The lowest BCUT2D eigenvalue weighted by Crippen LogP contribution is -2.46. The molecule has 0 atom stereocenters. The first-order chi connectivity index (χ1) is 13.7. The molecule has 0 amide bonds. The van der Waals surface area contributed by atoms with Crippen molar-refractivity contribution >= 4 is 22.8 Å². The summed E-state index contributed by atoms with van der Waals surface area (Å²) in [4.78, 5) is 18.8. The van der Waals surface area contributed by atoms with Crippen LogP contribution in [0.25, 0.3) is 11.2 Å². The Labute approximate surface area is 165 Å². The van der Waals surface area contributed by atoms with Crippen LogP contribution >= 0.6 is 0 Å². The van der Waals surface area contributed by atoms with E-state index in [1.807, 2.05) is 6.07 Å². The van der Waals surface area contributed by atoms with E-state index < -0.39 is 0 Å². The maximum Gasteiger partial charge on any atom is 0.180 e. The van der Waals surface area contributed by atoms with Crippen LogP contribution in [0.2, 0.25) is 0 Å². The van der Waals surface area contributed by atoms with Gasteiger partial charge in [0.1, 0.15) is 5.52 Å². The molecule has 0 unspecified atom stereocenters. The molecule has 3 heterocycles. The molecule has 2 N–H and O–H groups in total. The fourth-order valence-electron chi connectivity index (χ4n) is 3.99. The Morgan fingerprint density at radius 1 is 1.00 bits per heavy atom. The van der Waals surface area contributed by atoms with E-state index in [-0.39, 0.29) is 0 Å². The number of aryl methyl sites for hydroxylation is 1. The second-order valence-electron chi connectivity index (χ2n) is 8.04. The molecule has 0 bridgehead atoms. The van der Waals surface area contributed by atoms with Crippen LogP contribution in [-0.2, 0) is 6.54 Å². The number of nitrogen functional groups attached to an aromatic ring is 1. The maximum absolute atomic E-state index is 6.27. The molecule has 2 fully saturated rings. The van der Waals surface area contributed by atoms with Crippen molar-refractivity contribution in [3.8, 4) is 0 Å². The number of fused-ring (bicyclic) bond motifs is 1. The molecule has 1 aliphatic heterocycles. The van der Waals surface area contributed by atoms with Gasteiger partial charge in [-0.3, -0.25) is 4.90 Å². The van der Waals surface area contributed by atoms with Crippen LogP contribution < -0.4 is 10.6 Å². The summed E-state index contributed by atoms with van der Waals surface area (Å²) in [6, 6.07) is 12.9. The number of pyridine rings is 1. The highest BCUT2D eigenvalue weighted by atomic mass is 15.3. The van der Waals surface area contributed by atoms with Crippen molar-refractivity contribution in [3.63, 3.8) is 0 Å². The smallest absolute Gasteiger partial charge is 0.180 e. The largest absolute Gasteiger partial charge is 0.381 e. The topological polar surface area (TPSA) is 71.2 Å². The van der Waals surface area contributed by atoms with Gasteiger partial charge in [0.05, 0.1) is 0 Å². The van der Waals surface area contributed by atoms with Crippen LogP contribution in [0.3, 0.4) is 0 Å². The summed E-state index contributed by atoms with van der Waals surface area (Å²) in [5, 5.41) is 0. The lowest BCUT2D eigenvalue weighted by molar-refractivity contribution is 0.249. The summed E-state index contributed by atoms with van der Waals surface area (Å²) in [6.45, 7) is 6.93. The molecule has 2 aromatic heterocycles. The van der Waals surface area contributed by atoms with Gasteiger partial charge in [-0.1, -0.05) is 29.8 Å². The number of nitrogens with zero attached hydrogens (tertiary/aromatic N) is 5. The highest BCUT2D eigenvalue weighted by Gasteiger charge is 2.26. The molecule has 6 nitrogen and oxygen atoms in total. The predicted molar refractivity (Wildman–Crippen MR) is 112 cm³/mol. The standard InChI is InChI=1S/C22H26N6/c1-15-3-2-4-16(13-15)14-27-9-11-28(12-10-27)22-20(23)26-21-19(25-22)8-7-18(24-21)17-5-6-17/h2-4,7-8,13,17H,5-6,9-12,14H2,1H3,(H2,23,24,26). The first-order valence-electron chi connectivity index (χ1n) is 10.1. The summed E-state index contributed by atoms with van der Waals surface area (Å²) in [5.41, 5.74) is 11.6. The van der Waals surface area contributed by atoms with Gasteiger partial charge < -0.3 is 10.6 Å². The quantitative estimate of drug-likeness (QED) is 0.757. The number of aromatic nitrogens is 3. The average molecular weight is 374 g/mol. The molecule has 28 heavy (non-hydrogen) atoms. The van der Waals surface area contributed by atoms with Crippen molar-refractivity contribution in [2.75, 3.05) is 36.8 Å². The Morgan fingerprint density at radius 2 is 1.82 bits per heavy atom. The van der Waals surface area contributed by atoms with Gasteiger partial charge in [0, 0.05) is 44.3 Å². The fourth-order valence-corrected chi connectivity index (χ4v) is 3.99. The maximum atomic E-state index is 6.27. The molecule has 1 saturated carbocycles. The van der Waals surface area contributed by atoms with Crippen LogP contribution in [0.1, 0.15) is 35.6 Å². The van der Waals surface area contributed by atoms with Crippen molar-refractivity contribution in [1.29, 1.82) is 0 Å². The molecular weight excluding hydrogens is 348 g/mol. The van der Waals surface area contributed by atoms with Crippen molar-refractivity contribution < 1.29 is 0 Å². The van der Waals surface area contributed by atoms with Crippen LogP contribution in [0.5, 0.6) is 0 Å². The van der Waals surface area contributed by atoms with E-state index in [9.17, 15) is 0 Å². The Bertz CT molecular complexity index is 1010. The van der Waals surface area contributed by atoms with E-state index in [4.69, 9.17) is 10.7 Å². The van der Waals surface area contributed by atoms with Crippen LogP contribution in [0, 0.1) is 6.92 Å². The van der Waals surface area contributed by atoms with Gasteiger partial charge in [-0.15, -0.1) is 0 Å². The summed E-state index contributed by atoms with van der Waals surface area (Å²) < 4.78 is 0. The van der Waals surface area contributed by atoms with Crippen molar-refractivity contribution in [1.82, 2.24) is 19.9 Å². The molecule has 2 aliphatic rings. The minimum atomic E-state index is 0.486. The number of benzene rings is 1. The van der Waals surface area contributed by atoms with Crippen LogP contribution in [0.15, 0.2) is 36.4 Å². The van der Waals surface area contributed by atoms with E-state index in [0.29, 0.717) is 17.4 Å². The Balaban J connectivity index is 1.29. The first kappa shape index (κ1) is 17.4. The van der Waals surface area contributed by atoms with Crippen molar-refractivity contribution in [2.24, 2.45) is 0 Å². The highest BCUT2D eigenvalue weighted by molar-refractivity contribution is 5.77. The normalized spacial score (nSPS) is 18.0. The van der Waals surface area contributed by atoms with Gasteiger partial charge in [0.15, 0.2) is 17.3 Å². The van der Waals surface area contributed by atoms with Crippen LogP contribution in [0.4, 0.5) is 11.6 Å². The van der Waals surface area contributed by atoms with E-state index in [0.717, 1.165) is 49.8 Å². The number of rotatable bonds is 4. The zero-order chi connectivity index (χ0) is 19.1. The van der Waals surface area contributed by atoms with E-state index >= 15 is 0 Å². The Morgan fingerprint density at radius 3 is 2.57 bits per heavy atom. The van der Waals surface area contributed by atoms with Crippen LogP contribution in [-0.4, -0.2) is 46.0 Å². The molecule has 0 radical (unpaired) electrons. The molecule has 6 heteroatoms. The highest BCUT2D eigenvalue weighted by Crippen LogP contribution is 2.39. The summed E-state index contributed by atoms with van der Waals surface area (Å²) in [7, 11) is 0. The van der Waals surface area contributed by atoms with Gasteiger partial charge in [-0.25, -0.2) is 15.0 Å². The number of nitrogens with two attached hydrogens (primary N) is 1. The molecule has 1 aromatic carbocycles. The monoisotopic (exact) mass is 374 g/mol. The molecule has 3 aromatic rings. The molecule has 1 aliphatic carbocycles. The number of piperazine rings is 1. The van der Waals surface area contributed by atoms with Crippen molar-refractivity contribution in [3.05, 3.63) is 53.2 Å². The van der Waals surface area contributed by atoms with Gasteiger partial charge in [0.2, 0.25) is 0 Å². The molecular formula is C22H26N6. The lowest BCUT2D eigenvalue weighted by atomic mass is 10.1. The third-order valence-electron chi connectivity index (χ3n) is 5.71. The number of hydrogen-bond donors (Lipinski definition) is 1. The average Bonchev–Trinajstić information content (AvgIpc) is 3.53. The zero-order valence-electron chi connectivity index (χ0n) is 16.3. The van der Waals surface area contributed by atoms with Gasteiger partial charge in [-0.2, -0.15) is 0 Å². The minimum absolute atomic E-state index is 0.486. The summed E-state index contributed by atoms with van der Waals surface area (Å²) in [5.74, 6) is 1.89. The predicted octanol–water partition coefficient (Wildman–Crippen LogP) is 3.12. The van der Waals surface area contributed by atoms with Gasteiger partial charge >= 0.3 is 0 Å². The SMILES string of the molecule is Cc1cccc(CN2CCN(c3nc4ccc(C5CC5)nc4nc3N)CC2)c1. The Kier molecular flexibility index (Phi) is 4.36. The number of anilines is 2. The molecule has 1 saturated heterocycles. The third-order valence-corrected chi connectivity index (χ3v) is 5.71. The molecule has 5 rings (SSSR count). The van der Waals surface area contributed by atoms with E-state index in [2.05, 4.69) is 57.0 Å². The van der Waals surface area contributed by atoms with Gasteiger partial charge in [-0.05, 0) is 37.5 Å². The summed E-state index contributed by atoms with van der Waals surface area (Å²) in [6.07, 6.45) is 2.46. The van der Waals surface area contributed by atoms with E-state index in [1.165, 1.54) is 24.0 Å². The molecule has 0 spiro atoms. The van der Waals surface area contributed by atoms with Gasteiger partial charge in [0.25, 0.3) is 0 Å². The lowest BCUT2D eigenvalue weighted by Gasteiger charge is -2.35. The zero-order valence-corrected chi connectivity index (χ0v) is 16.3. The summed E-state index contributed by atoms with van der Waals surface area (Å²) >= 11 is 0. The fraction of sp³-hybridized carbons (Fsp3) is 0.409. The number of hydrogen-bond acceptors (Lipinski definition) is 6. The van der Waals surface area contributed by atoms with E-state index in [1.54, 1.807) is 0 Å². The second-order valence-corrected chi connectivity index (χ2v) is 8.04. The molecule has 144 valence electrons. The van der Waals surface area contributed by atoms with Crippen molar-refractivity contribution in [2.45, 2.75) is 32.2 Å². The Hall–Kier alpha value is -2.73.